The smallest absolute Gasteiger partial charge is 0.240 e. The van der Waals surface area contributed by atoms with E-state index in [9.17, 15) is 9.59 Å². The lowest BCUT2D eigenvalue weighted by molar-refractivity contribution is -0.141. The maximum absolute atomic E-state index is 13.9. The predicted octanol–water partition coefficient (Wildman–Crippen LogP) is 4.83. The van der Waals surface area contributed by atoms with Gasteiger partial charge in [0.2, 0.25) is 5.91 Å². The highest BCUT2D eigenvalue weighted by molar-refractivity contribution is 6.09. The van der Waals surface area contributed by atoms with Crippen molar-refractivity contribution < 1.29 is 9.59 Å². The summed E-state index contributed by atoms with van der Waals surface area (Å²) in [5.74, 6) is 0.131. The van der Waals surface area contributed by atoms with Crippen LogP contribution in [0.1, 0.15) is 21.5 Å². The number of aromatic nitrogens is 2. The van der Waals surface area contributed by atoms with Crippen molar-refractivity contribution in [3.05, 3.63) is 108 Å². The predicted molar refractivity (Wildman–Crippen MR) is 147 cm³/mol. The van der Waals surface area contributed by atoms with Gasteiger partial charge in [0, 0.05) is 59.4 Å². The summed E-state index contributed by atoms with van der Waals surface area (Å²) in [5, 5.41) is 2.05. The van der Waals surface area contributed by atoms with E-state index in [-0.39, 0.29) is 18.2 Å². The number of fused-ring (bicyclic) bond motifs is 2. The number of aromatic amines is 2. The molecular formula is C31H30N4O2. The quantitative estimate of drug-likeness (QED) is 0.306. The first-order valence-corrected chi connectivity index (χ1v) is 12.9. The van der Waals surface area contributed by atoms with Gasteiger partial charge in [0.15, 0.2) is 5.78 Å². The number of ketones is 1. The molecule has 0 bridgehead atoms. The first kappa shape index (κ1) is 23.3. The van der Waals surface area contributed by atoms with Crippen molar-refractivity contribution >= 4 is 33.5 Å². The van der Waals surface area contributed by atoms with Crippen LogP contribution in [0.3, 0.4) is 0 Å². The van der Waals surface area contributed by atoms with Gasteiger partial charge in [0.05, 0.1) is 12.6 Å². The molecular weight excluding hydrogens is 460 g/mol. The number of amides is 1. The van der Waals surface area contributed by atoms with Crippen molar-refractivity contribution in [2.24, 2.45) is 0 Å². The zero-order valence-electron chi connectivity index (χ0n) is 20.7. The third-order valence-electron chi connectivity index (χ3n) is 7.53. The van der Waals surface area contributed by atoms with Gasteiger partial charge in [0.1, 0.15) is 0 Å². The summed E-state index contributed by atoms with van der Waals surface area (Å²) in [4.78, 5) is 37.9. The second-order valence-corrected chi connectivity index (χ2v) is 9.78. The van der Waals surface area contributed by atoms with E-state index >= 15 is 0 Å². The molecule has 6 nitrogen and oxygen atoms in total. The van der Waals surface area contributed by atoms with Crippen molar-refractivity contribution in [2.45, 2.75) is 18.9 Å². The van der Waals surface area contributed by atoms with Gasteiger partial charge in [-0.15, -0.1) is 0 Å². The van der Waals surface area contributed by atoms with E-state index < -0.39 is 6.04 Å². The Morgan fingerprint density at radius 1 is 0.811 bits per heavy atom. The van der Waals surface area contributed by atoms with Crippen molar-refractivity contribution in [1.29, 1.82) is 0 Å². The zero-order chi connectivity index (χ0) is 25.2. The largest absolute Gasteiger partial charge is 0.361 e. The fraction of sp³-hybridized carbons (Fsp3) is 0.226. The minimum atomic E-state index is -0.391. The molecule has 5 aromatic rings. The number of piperazine rings is 1. The van der Waals surface area contributed by atoms with Crippen LogP contribution in [0.15, 0.2) is 91.3 Å². The van der Waals surface area contributed by atoms with Crippen molar-refractivity contribution in [3.8, 4) is 0 Å². The number of hydrogen-bond donors (Lipinski definition) is 2. The molecule has 6 heteroatoms. The molecule has 37 heavy (non-hydrogen) atoms. The number of Topliss-reactive ketones (excluding diaryl/α,β-unsaturated/α-hetero) is 1. The molecule has 1 aliphatic rings. The molecule has 1 amide bonds. The summed E-state index contributed by atoms with van der Waals surface area (Å²) in [6, 6.07) is 25.9. The Morgan fingerprint density at radius 3 is 2.30 bits per heavy atom. The molecule has 6 rings (SSSR count). The van der Waals surface area contributed by atoms with Crippen LogP contribution < -0.4 is 0 Å². The highest BCUT2D eigenvalue weighted by Crippen LogP contribution is 2.25. The SMILES string of the molecule is O=C(CN1CCN(CCc2ccccc2)C(=O)[C@@H]1Cc1c[nH]c2ccccc12)c1c[nH]c2ccccc12. The molecule has 1 aliphatic heterocycles. The average Bonchev–Trinajstić information content (AvgIpc) is 3.55. The number of carbonyl (C=O) groups excluding carboxylic acids is 2. The van der Waals surface area contributed by atoms with Crippen molar-refractivity contribution in [1.82, 2.24) is 19.8 Å². The summed E-state index contributed by atoms with van der Waals surface area (Å²) in [6.07, 6.45) is 5.17. The second-order valence-electron chi connectivity index (χ2n) is 9.78. The number of para-hydroxylation sites is 2. The summed E-state index contributed by atoms with van der Waals surface area (Å²) >= 11 is 0. The highest BCUT2D eigenvalue weighted by Gasteiger charge is 2.36. The number of hydrogen-bond acceptors (Lipinski definition) is 3. The Labute approximate surface area is 215 Å². The van der Waals surface area contributed by atoms with E-state index in [0.29, 0.717) is 31.6 Å². The molecule has 2 aromatic heterocycles. The minimum absolute atomic E-state index is 0.0342. The number of nitrogens with one attached hydrogen (secondary N) is 2. The molecule has 3 heterocycles. The van der Waals surface area contributed by atoms with E-state index in [2.05, 4.69) is 33.1 Å². The monoisotopic (exact) mass is 490 g/mol. The molecule has 0 spiro atoms. The number of nitrogens with zero attached hydrogens (tertiary/aromatic N) is 2. The standard InChI is InChI=1S/C31H30N4O2/c36-30(26-20-33-28-13-7-5-11-25(26)28)21-35-17-16-34(15-14-22-8-2-1-3-9-22)31(37)29(35)18-23-19-32-27-12-6-4-10-24(23)27/h1-13,19-20,29,32-33H,14-18,21H2/t29-/m0/s1. The first-order chi connectivity index (χ1) is 18.2. The number of H-pyrrole nitrogens is 2. The van der Waals surface area contributed by atoms with Gasteiger partial charge in [-0.3, -0.25) is 14.5 Å². The topological polar surface area (TPSA) is 72.2 Å². The molecule has 1 fully saturated rings. The molecule has 0 unspecified atom stereocenters. The Hall–Kier alpha value is -4.16. The van der Waals surface area contributed by atoms with Crippen LogP contribution >= 0.6 is 0 Å². The molecule has 0 saturated carbocycles. The lowest BCUT2D eigenvalue weighted by atomic mass is 9.99. The van der Waals surface area contributed by atoms with Gasteiger partial charge < -0.3 is 14.9 Å². The summed E-state index contributed by atoms with van der Waals surface area (Å²) in [5.41, 5.74) is 5.01. The van der Waals surface area contributed by atoms with Gasteiger partial charge in [-0.1, -0.05) is 66.7 Å². The maximum atomic E-state index is 13.9. The molecule has 0 radical (unpaired) electrons. The number of carbonyl (C=O) groups is 2. The van der Waals surface area contributed by atoms with Crippen LogP contribution in [-0.4, -0.2) is 63.7 Å². The van der Waals surface area contributed by atoms with Gasteiger partial charge in [-0.05, 0) is 36.1 Å². The minimum Gasteiger partial charge on any atom is -0.361 e. The number of benzene rings is 3. The maximum Gasteiger partial charge on any atom is 0.240 e. The lowest BCUT2D eigenvalue weighted by Gasteiger charge is -2.40. The van der Waals surface area contributed by atoms with E-state index in [1.54, 1.807) is 6.20 Å². The Balaban J connectivity index is 1.25. The molecule has 3 aromatic carbocycles. The van der Waals surface area contributed by atoms with E-state index in [0.717, 1.165) is 33.8 Å². The molecule has 2 N–H and O–H groups in total. The highest BCUT2D eigenvalue weighted by atomic mass is 16.2. The molecule has 186 valence electrons. The van der Waals surface area contributed by atoms with Crippen LogP contribution in [0.2, 0.25) is 0 Å². The van der Waals surface area contributed by atoms with E-state index in [1.807, 2.05) is 71.8 Å². The average molecular weight is 491 g/mol. The Kier molecular flexibility index (Phi) is 6.33. The molecule has 0 aliphatic carbocycles. The molecule has 1 saturated heterocycles. The van der Waals surface area contributed by atoms with E-state index in [4.69, 9.17) is 0 Å². The van der Waals surface area contributed by atoms with Crippen LogP contribution in [0.5, 0.6) is 0 Å². The van der Waals surface area contributed by atoms with Gasteiger partial charge in [0.25, 0.3) is 0 Å². The first-order valence-electron chi connectivity index (χ1n) is 12.9. The normalized spacial score (nSPS) is 16.6. The van der Waals surface area contributed by atoms with Crippen molar-refractivity contribution in [2.75, 3.05) is 26.2 Å². The Bertz CT molecular complexity index is 1550. The van der Waals surface area contributed by atoms with Crippen LogP contribution in [0, 0.1) is 0 Å². The third kappa shape index (κ3) is 4.68. The van der Waals surface area contributed by atoms with Crippen molar-refractivity contribution in [3.63, 3.8) is 0 Å². The lowest BCUT2D eigenvalue weighted by Crippen LogP contribution is -2.59. The van der Waals surface area contributed by atoms with Crippen LogP contribution in [0.4, 0.5) is 0 Å². The fourth-order valence-corrected chi connectivity index (χ4v) is 5.50. The fourth-order valence-electron chi connectivity index (χ4n) is 5.50. The summed E-state index contributed by atoms with van der Waals surface area (Å²) in [7, 11) is 0. The molecule has 1 atom stereocenters. The van der Waals surface area contributed by atoms with Crippen LogP contribution in [0.25, 0.3) is 21.8 Å². The summed E-state index contributed by atoms with van der Waals surface area (Å²) < 4.78 is 0. The van der Waals surface area contributed by atoms with Gasteiger partial charge >= 0.3 is 0 Å². The Morgan fingerprint density at radius 2 is 1.49 bits per heavy atom. The zero-order valence-corrected chi connectivity index (χ0v) is 20.7. The summed E-state index contributed by atoms with van der Waals surface area (Å²) in [6.45, 7) is 2.18. The van der Waals surface area contributed by atoms with Gasteiger partial charge in [-0.25, -0.2) is 0 Å². The van der Waals surface area contributed by atoms with E-state index in [1.165, 1.54) is 5.56 Å². The third-order valence-corrected chi connectivity index (χ3v) is 7.53. The second kappa shape index (κ2) is 10.1. The van der Waals surface area contributed by atoms with Crippen LogP contribution in [-0.2, 0) is 17.6 Å². The number of rotatable bonds is 8. The van der Waals surface area contributed by atoms with Gasteiger partial charge in [-0.2, -0.15) is 0 Å².